The molecule has 0 aliphatic carbocycles. The molecule has 1 aliphatic heterocycles. The lowest BCUT2D eigenvalue weighted by Gasteiger charge is -2.22. The predicted molar refractivity (Wildman–Crippen MR) is 74.8 cm³/mol. The lowest BCUT2D eigenvalue weighted by Crippen LogP contribution is -2.42. The van der Waals surface area contributed by atoms with E-state index in [2.05, 4.69) is 15.9 Å². The summed E-state index contributed by atoms with van der Waals surface area (Å²) in [5, 5.41) is 9.34. The van der Waals surface area contributed by atoms with Gasteiger partial charge in [0.05, 0.1) is 11.8 Å². The second-order valence-corrected chi connectivity index (χ2v) is 5.19. The van der Waals surface area contributed by atoms with Crippen molar-refractivity contribution in [3.8, 4) is 0 Å². The normalized spacial score (nSPS) is 17.1. The Morgan fingerprint density at radius 1 is 1.30 bits per heavy atom. The van der Waals surface area contributed by atoms with Gasteiger partial charge in [-0.3, -0.25) is 9.69 Å². The smallest absolute Gasteiger partial charge is 0.327 e. The molecule has 0 fully saturated rings. The maximum Gasteiger partial charge on any atom is 0.327 e. The van der Waals surface area contributed by atoms with Crippen LogP contribution in [-0.2, 0) is 11.2 Å². The van der Waals surface area contributed by atoms with Crippen molar-refractivity contribution in [2.45, 2.75) is 12.5 Å². The van der Waals surface area contributed by atoms with Crippen LogP contribution in [0.15, 0.2) is 45.7 Å². The fraction of sp³-hybridized carbons (Fsp3) is 0.143. The number of aliphatic carboxylic acids is 1. The third-order valence-electron chi connectivity index (χ3n) is 3.33. The summed E-state index contributed by atoms with van der Waals surface area (Å²) in [7, 11) is 0. The number of benzene rings is 1. The summed E-state index contributed by atoms with van der Waals surface area (Å²) >= 11 is 3.15. The molecule has 0 saturated carbocycles. The number of halogens is 1. The summed E-state index contributed by atoms with van der Waals surface area (Å²) in [6.07, 6.45) is 1.70. The Labute approximate surface area is 122 Å². The molecule has 102 valence electrons. The molecular weight excluding hydrogens is 326 g/mol. The Balaban J connectivity index is 2.07. The number of anilines is 1. The van der Waals surface area contributed by atoms with Crippen molar-refractivity contribution >= 4 is 33.5 Å². The Bertz CT molecular complexity index is 694. The number of fused-ring (bicyclic) bond motifs is 1. The van der Waals surface area contributed by atoms with Gasteiger partial charge in [-0.25, -0.2) is 4.79 Å². The first-order valence-electron chi connectivity index (χ1n) is 5.97. The second kappa shape index (κ2) is 4.79. The van der Waals surface area contributed by atoms with Crippen LogP contribution in [0.3, 0.4) is 0 Å². The van der Waals surface area contributed by atoms with Gasteiger partial charge in [-0.15, -0.1) is 0 Å². The van der Waals surface area contributed by atoms with Crippen LogP contribution in [0.1, 0.15) is 15.9 Å². The lowest BCUT2D eigenvalue weighted by molar-refractivity contribution is -0.138. The molecule has 1 aromatic carbocycles. The molecule has 0 spiro atoms. The van der Waals surface area contributed by atoms with Crippen LogP contribution < -0.4 is 4.90 Å². The quantitative estimate of drug-likeness (QED) is 0.915. The van der Waals surface area contributed by atoms with E-state index >= 15 is 0 Å². The van der Waals surface area contributed by atoms with Gasteiger partial charge in [0.15, 0.2) is 4.67 Å². The van der Waals surface area contributed by atoms with Gasteiger partial charge in [0.1, 0.15) is 6.04 Å². The van der Waals surface area contributed by atoms with Crippen molar-refractivity contribution < 1.29 is 19.1 Å². The van der Waals surface area contributed by atoms with Gasteiger partial charge >= 0.3 is 5.97 Å². The standard InChI is InChI=1S/C14H10BrNO4/c15-12-9(5-6-20-12)13(17)16-10-4-2-1-3-8(10)7-11(16)14(18)19/h1-6,11H,7H2,(H,18,19). The topological polar surface area (TPSA) is 70.8 Å². The molecule has 20 heavy (non-hydrogen) atoms. The maximum atomic E-state index is 12.6. The van der Waals surface area contributed by atoms with Crippen LogP contribution in [0, 0.1) is 0 Å². The van der Waals surface area contributed by atoms with Gasteiger partial charge in [-0.2, -0.15) is 0 Å². The van der Waals surface area contributed by atoms with E-state index in [0.29, 0.717) is 22.3 Å². The second-order valence-electron chi connectivity index (χ2n) is 4.47. The molecule has 1 aromatic heterocycles. The van der Waals surface area contributed by atoms with E-state index in [4.69, 9.17) is 4.42 Å². The number of nitrogens with zero attached hydrogens (tertiary/aromatic N) is 1. The van der Waals surface area contributed by atoms with E-state index < -0.39 is 12.0 Å². The molecule has 1 amide bonds. The van der Waals surface area contributed by atoms with Crippen LogP contribution in [0.5, 0.6) is 0 Å². The van der Waals surface area contributed by atoms with Crippen molar-refractivity contribution in [2.24, 2.45) is 0 Å². The van der Waals surface area contributed by atoms with E-state index in [1.54, 1.807) is 12.1 Å². The Morgan fingerprint density at radius 3 is 2.70 bits per heavy atom. The molecule has 1 N–H and O–H groups in total. The summed E-state index contributed by atoms with van der Waals surface area (Å²) in [5.41, 5.74) is 1.80. The fourth-order valence-electron chi connectivity index (χ4n) is 2.41. The van der Waals surface area contributed by atoms with E-state index in [1.807, 2.05) is 12.1 Å². The number of amides is 1. The molecule has 0 bridgehead atoms. The number of carbonyl (C=O) groups is 2. The largest absolute Gasteiger partial charge is 0.480 e. The number of carbonyl (C=O) groups excluding carboxylic acids is 1. The average Bonchev–Trinajstić information content (AvgIpc) is 3.01. The Hall–Kier alpha value is -2.08. The molecule has 1 atom stereocenters. The molecular formula is C14H10BrNO4. The summed E-state index contributed by atoms with van der Waals surface area (Å²) in [5.74, 6) is -1.41. The number of hydrogen-bond acceptors (Lipinski definition) is 3. The summed E-state index contributed by atoms with van der Waals surface area (Å²) in [6.45, 7) is 0. The van der Waals surface area contributed by atoms with Crippen molar-refractivity contribution in [3.63, 3.8) is 0 Å². The van der Waals surface area contributed by atoms with Crippen LogP contribution >= 0.6 is 15.9 Å². The maximum absolute atomic E-state index is 12.6. The fourth-order valence-corrected chi connectivity index (χ4v) is 2.82. The Kier molecular flexibility index (Phi) is 3.10. The van der Waals surface area contributed by atoms with Gasteiger partial charge < -0.3 is 9.52 Å². The van der Waals surface area contributed by atoms with E-state index in [9.17, 15) is 14.7 Å². The predicted octanol–water partition coefficient (Wildman–Crippen LogP) is 2.70. The third kappa shape index (κ3) is 1.92. The van der Waals surface area contributed by atoms with Crippen molar-refractivity contribution in [3.05, 3.63) is 52.4 Å². The first kappa shape index (κ1) is 12.9. The molecule has 1 aliphatic rings. The molecule has 2 heterocycles. The van der Waals surface area contributed by atoms with E-state index in [0.717, 1.165) is 5.56 Å². The molecule has 0 radical (unpaired) electrons. The lowest BCUT2D eigenvalue weighted by atomic mass is 10.1. The number of rotatable bonds is 2. The highest BCUT2D eigenvalue weighted by atomic mass is 79.9. The number of para-hydroxylation sites is 1. The SMILES string of the molecule is O=C(O)C1Cc2ccccc2N1C(=O)c1ccoc1Br. The number of carboxylic acid groups (broad SMARTS) is 1. The van der Waals surface area contributed by atoms with Gasteiger partial charge in [-0.1, -0.05) is 18.2 Å². The molecule has 6 heteroatoms. The highest BCUT2D eigenvalue weighted by Gasteiger charge is 2.39. The zero-order valence-electron chi connectivity index (χ0n) is 10.2. The first-order chi connectivity index (χ1) is 9.59. The monoisotopic (exact) mass is 335 g/mol. The highest BCUT2D eigenvalue weighted by molar-refractivity contribution is 9.10. The average molecular weight is 336 g/mol. The molecule has 3 rings (SSSR count). The zero-order valence-corrected chi connectivity index (χ0v) is 11.8. The van der Waals surface area contributed by atoms with Gasteiger partial charge in [0.2, 0.25) is 0 Å². The van der Waals surface area contributed by atoms with Crippen LogP contribution in [-0.4, -0.2) is 23.0 Å². The van der Waals surface area contributed by atoms with E-state index in [-0.39, 0.29) is 5.91 Å². The Morgan fingerprint density at radius 2 is 2.05 bits per heavy atom. The van der Waals surface area contributed by atoms with Crippen molar-refractivity contribution in [1.82, 2.24) is 0 Å². The number of hydrogen-bond donors (Lipinski definition) is 1. The number of furan rings is 1. The summed E-state index contributed by atoms with van der Waals surface area (Å²) in [4.78, 5) is 25.3. The minimum Gasteiger partial charge on any atom is -0.480 e. The molecule has 1 unspecified atom stereocenters. The van der Waals surface area contributed by atoms with Crippen LogP contribution in [0.4, 0.5) is 5.69 Å². The summed E-state index contributed by atoms with van der Waals surface area (Å²) < 4.78 is 5.35. The first-order valence-corrected chi connectivity index (χ1v) is 6.76. The highest BCUT2D eigenvalue weighted by Crippen LogP contribution is 2.34. The van der Waals surface area contributed by atoms with Crippen molar-refractivity contribution in [1.29, 1.82) is 0 Å². The van der Waals surface area contributed by atoms with E-state index in [1.165, 1.54) is 17.2 Å². The third-order valence-corrected chi connectivity index (χ3v) is 3.94. The van der Waals surface area contributed by atoms with Gasteiger partial charge in [0.25, 0.3) is 5.91 Å². The van der Waals surface area contributed by atoms with Crippen molar-refractivity contribution in [2.75, 3.05) is 4.90 Å². The van der Waals surface area contributed by atoms with Gasteiger partial charge in [0, 0.05) is 12.1 Å². The molecule has 5 nitrogen and oxygen atoms in total. The minimum atomic E-state index is -1.02. The molecule has 0 saturated heterocycles. The zero-order chi connectivity index (χ0) is 14.3. The van der Waals surface area contributed by atoms with Crippen LogP contribution in [0.25, 0.3) is 0 Å². The minimum absolute atomic E-state index is 0.302. The van der Waals surface area contributed by atoms with Gasteiger partial charge in [-0.05, 0) is 33.6 Å². The van der Waals surface area contributed by atoms with Crippen LogP contribution in [0.2, 0.25) is 0 Å². The summed E-state index contributed by atoms with van der Waals surface area (Å²) in [6, 6.07) is 7.84. The number of carboxylic acids is 1. The molecule has 2 aromatic rings.